The number of nitrogens with zero attached hydrogens (tertiary/aromatic N) is 3. The predicted molar refractivity (Wildman–Crippen MR) is 88.7 cm³/mol. The quantitative estimate of drug-likeness (QED) is 0.576. The lowest BCUT2D eigenvalue weighted by Gasteiger charge is -2.22. The van der Waals surface area contributed by atoms with Gasteiger partial charge in [0, 0.05) is 49.8 Å². The van der Waals surface area contributed by atoms with E-state index in [0.29, 0.717) is 25.3 Å². The highest BCUT2D eigenvalue weighted by Crippen LogP contribution is 2.20. The van der Waals surface area contributed by atoms with E-state index < -0.39 is 4.92 Å². The number of ether oxygens (including phenoxy) is 1. The van der Waals surface area contributed by atoms with Gasteiger partial charge in [0.25, 0.3) is 11.6 Å². The summed E-state index contributed by atoms with van der Waals surface area (Å²) in [4.78, 5) is 28.9. The molecule has 7 heteroatoms. The molecule has 0 aliphatic carbocycles. The number of methoxy groups -OCH3 is 1. The molecule has 0 radical (unpaired) electrons. The Hall–Kier alpha value is -2.80. The van der Waals surface area contributed by atoms with Crippen molar-refractivity contribution in [3.05, 3.63) is 69.5 Å². The Morgan fingerprint density at radius 1 is 1.29 bits per heavy atom. The first-order chi connectivity index (χ1) is 11.5. The lowest BCUT2D eigenvalue weighted by Crippen LogP contribution is -2.33. The lowest BCUT2D eigenvalue weighted by molar-refractivity contribution is -0.385. The van der Waals surface area contributed by atoms with Crippen LogP contribution in [0.5, 0.6) is 0 Å². The predicted octanol–water partition coefficient (Wildman–Crippen LogP) is 2.59. The van der Waals surface area contributed by atoms with Gasteiger partial charge in [0.05, 0.1) is 11.5 Å². The Morgan fingerprint density at radius 2 is 2.00 bits per heavy atom. The molecule has 0 fully saturated rings. The van der Waals surface area contributed by atoms with Crippen molar-refractivity contribution in [2.45, 2.75) is 13.5 Å². The first kappa shape index (κ1) is 17.6. The van der Waals surface area contributed by atoms with E-state index in [1.54, 1.807) is 43.5 Å². The second-order valence-electron chi connectivity index (χ2n) is 5.33. The first-order valence-electron chi connectivity index (χ1n) is 7.45. The van der Waals surface area contributed by atoms with E-state index in [1.807, 2.05) is 12.1 Å². The molecule has 1 aromatic heterocycles. The maximum atomic E-state index is 12.8. The molecule has 1 aromatic carbocycles. The lowest BCUT2D eigenvalue weighted by atomic mass is 10.1. The van der Waals surface area contributed by atoms with Crippen LogP contribution in [-0.2, 0) is 11.3 Å². The summed E-state index contributed by atoms with van der Waals surface area (Å²) in [6, 6.07) is 8.17. The third-order valence-electron chi connectivity index (χ3n) is 3.63. The molecule has 0 unspecified atom stereocenters. The van der Waals surface area contributed by atoms with Gasteiger partial charge in [-0.2, -0.15) is 0 Å². The zero-order valence-corrected chi connectivity index (χ0v) is 13.6. The molecule has 0 aliphatic rings. The van der Waals surface area contributed by atoms with Gasteiger partial charge < -0.3 is 9.64 Å². The van der Waals surface area contributed by atoms with Crippen molar-refractivity contribution in [1.29, 1.82) is 0 Å². The van der Waals surface area contributed by atoms with Gasteiger partial charge in [-0.05, 0) is 30.7 Å². The molecule has 126 valence electrons. The molecule has 0 bridgehead atoms. The largest absolute Gasteiger partial charge is 0.383 e. The second kappa shape index (κ2) is 8.16. The monoisotopic (exact) mass is 329 g/mol. The fourth-order valence-electron chi connectivity index (χ4n) is 2.28. The molecule has 0 saturated carbocycles. The minimum absolute atomic E-state index is 0.0588. The van der Waals surface area contributed by atoms with Crippen molar-refractivity contribution >= 4 is 11.6 Å². The number of benzene rings is 1. The van der Waals surface area contributed by atoms with Gasteiger partial charge in [0.2, 0.25) is 0 Å². The topological polar surface area (TPSA) is 85.6 Å². The SMILES string of the molecule is COCCN(Cc1ccncc1)C(=O)c1ccc(C)c([N+](=O)[O-])c1. The van der Waals surface area contributed by atoms with E-state index in [0.717, 1.165) is 5.56 Å². The van der Waals surface area contributed by atoms with Crippen LogP contribution in [0.3, 0.4) is 0 Å². The van der Waals surface area contributed by atoms with Crippen LogP contribution >= 0.6 is 0 Å². The molecule has 0 atom stereocenters. The molecule has 2 aromatic rings. The van der Waals surface area contributed by atoms with E-state index in [-0.39, 0.29) is 17.2 Å². The summed E-state index contributed by atoms with van der Waals surface area (Å²) >= 11 is 0. The third kappa shape index (κ3) is 4.36. The van der Waals surface area contributed by atoms with E-state index in [4.69, 9.17) is 4.74 Å². The van der Waals surface area contributed by atoms with Crippen LogP contribution in [-0.4, -0.2) is 41.0 Å². The normalized spacial score (nSPS) is 10.4. The van der Waals surface area contributed by atoms with Gasteiger partial charge in [-0.25, -0.2) is 0 Å². The number of carbonyl (C=O) groups is 1. The van der Waals surface area contributed by atoms with Crippen LogP contribution in [0, 0.1) is 17.0 Å². The summed E-state index contributed by atoms with van der Waals surface area (Å²) in [5.41, 5.74) is 1.68. The first-order valence-corrected chi connectivity index (χ1v) is 7.45. The highest BCUT2D eigenvalue weighted by Gasteiger charge is 2.20. The number of hydrogen-bond donors (Lipinski definition) is 0. The van der Waals surface area contributed by atoms with Gasteiger partial charge in [0.1, 0.15) is 0 Å². The number of nitro benzene ring substituents is 1. The number of amides is 1. The summed E-state index contributed by atoms with van der Waals surface area (Å²) < 4.78 is 5.06. The minimum atomic E-state index is -0.478. The molecule has 24 heavy (non-hydrogen) atoms. The van der Waals surface area contributed by atoms with Crippen LogP contribution in [0.1, 0.15) is 21.5 Å². The van der Waals surface area contributed by atoms with Crippen molar-refractivity contribution in [1.82, 2.24) is 9.88 Å². The highest BCUT2D eigenvalue weighted by molar-refractivity contribution is 5.95. The Labute approximate surface area is 140 Å². The van der Waals surface area contributed by atoms with Crippen LogP contribution in [0.25, 0.3) is 0 Å². The third-order valence-corrected chi connectivity index (χ3v) is 3.63. The second-order valence-corrected chi connectivity index (χ2v) is 5.33. The van der Waals surface area contributed by atoms with Gasteiger partial charge in [-0.3, -0.25) is 19.9 Å². The standard InChI is InChI=1S/C17H19N3O4/c1-13-3-4-15(11-16(13)20(22)23)17(21)19(9-10-24-2)12-14-5-7-18-8-6-14/h3-8,11H,9-10,12H2,1-2H3. The molecule has 0 saturated heterocycles. The number of aryl methyl sites for hydroxylation is 1. The Bertz CT molecular complexity index is 719. The zero-order chi connectivity index (χ0) is 17.5. The number of rotatable bonds is 7. The molecule has 7 nitrogen and oxygen atoms in total. The van der Waals surface area contributed by atoms with E-state index in [9.17, 15) is 14.9 Å². The Balaban J connectivity index is 2.27. The number of hydrogen-bond acceptors (Lipinski definition) is 5. The Kier molecular flexibility index (Phi) is 5.97. The van der Waals surface area contributed by atoms with Crippen molar-refractivity contribution in [2.75, 3.05) is 20.3 Å². The zero-order valence-electron chi connectivity index (χ0n) is 13.6. The van der Waals surface area contributed by atoms with Crippen LogP contribution in [0.2, 0.25) is 0 Å². The molecule has 0 spiro atoms. The molecular formula is C17H19N3O4. The fourth-order valence-corrected chi connectivity index (χ4v) is 2.28. The summed E-state index contributed by atoms with van der Waals surface area (Å²) in [6.45, 7) is 2.79. The van der Waals surface area contributed by atoms with Crippen molar-refractivity contribution in [2.24, 2.45) is 0 Å². The van der Waals surface area contributed by atoms with Gasteiger partial charge in [-0.1, -0.05) is 6.07 Å². The molecular weight excluding hydrogens is 310 g/mol. The number of pyridine rings is 1. The molecule has 1 amide bonds. The average molecular weight is 329 g/mol. The van der Waals surface area contributed by atoms with Gasteiger partial charge in [-0.15, -0.1) is 0 Å². The fraction of sp³-hybridized carbons (Fsp3) is 0.294. The van der Waals surface area contributed by atoms with Gasteiger partial charge in [0.15, 0.2) is 0 Å². The van der Waals surface area contributed by atoms with E-state index in [1.165, 1.54) is 6.07 Å². The van der Waals surface area contributed by atoms with Crippen LogP contribution in [0.15, 0.2) is 42.7 Å². The molecule has 0 N–H and O–H groups in total. The van der Waals surface area contributed by atoms with Crippen molar-refractivity contribution < 1.29 is 14.5 Å². The highest BCUT2D eigenvalue weighted by atomic mass is 16.6. The van der Waals surface area contributed by atoms with E-state index >= 15 is 0 Å². The Morgan fingerprint density at radius 3 is 2.62 bits per heavy atom. The van der Waals surface area contributed by atoms with E-state index in [2.05, 4.69) is 4.98 Å². The van der Waals surface area contributed by atoms with Gasteiger partial charge >= 0.3 is 0 Å². The number of nitro groups is 1. The summed E-state index contributed by atoms with van der Waals surface area (Å²) in [7, 11) is 1.56. The van der Waals surface area contributed by atoms with Crippen LogP contribution in [0.4, 0.5) is 5.69 Å². The maximum Gasteiger partial charge on any atom is 0.273 e. The average Bonchev–Trinajstić information content (AvgIpc) is 2.59. The number of carbonyl (C=O) groups excluding carboxylic acids is 1. The van der Waals surface area contributed by atoms with Crippen LogP contribution < -0.4 is 0 Å². The smallest absolute Gasteiger partial charge is 0.273 e. The van der Waals surface area contributed by atoms with Crippen molar-refractivity contribution in [3.63, 3.8) is 0 Å². The molecule has 2 rings (SSSR count). The van der Waals surface area contributed by atoms with Crippen molar-refractivity contribution in [3.8, 4) is 0 Å². The molecule has 0 aliphatic heterocycles. The number of aromatic nitrogens is 1. The summed E-state index contributed by atoms with van der Waals surface area (Å²) in [6.07, 6.45) is 3.32. The molecule has 1 heterocycles. The summed E-state index contributed by atoms with van der Waals surface area (Å²) in [5, 5.41) is 11.1. The maximum absolute atomic E-state index is 12.8. The summed E-state index contributed by atoms with van der Waals surface area (Å²) in [5.74, 6) is -0.271. The minimum Gasteiger partial charge on any atom is -0.383 e.